The molecule has 0 aliphatic rings. The van der Waals surface area contributed by atoms with Crippen molar-refractivity contribution in [2.45, 2.75) is 348 Å². The van der Waals surface area contributed by atoms with Gasteiger partial charge in [-0.05, 0) is 51.4 Å². The number of aliphatic hydroxyl groups is 1. The lowest BCUT2D eigenvalue weighted by Gasteiger charge is -2.21. The Bertz CT molecular complexity index is 1760. The van der Waals surface area contributed by atoms with E-state index in [2.05, 4.69) is 52.0 Å². The lowest BCUT2D eigenvalue weighted by molar-refractivity contribution is -0.161. The standard InChI is InChI=1S/C68H128O17P2/c1-5-9-13-17-21-25-29-30-31-32-35-39-43-47-51-55-68(73)85-64(59-79-66(71)53-49-45-41-37-33-26-22-18-14-10-6-2)61-83-87(76,77)81-57-62(69)56-80-86(74,75)82-60-63(58-78-65(70)52-48-44-40-36-28-24-20-16-12-8-4)84-67(72)54-50-46-42-38-34-27-23-19-15-11-7-3/h25,29-31,62-64,69H,5-24,26-28,32-61H2,1-4H3,(H,74,75)(H,76,77)/b29-25-,31-30-/t62-,63+,64+/m0/s1. The summed E-state index contributed by atoms with van der Waals surface area (Å²) in [4.78, 5) is 72.4. The molecule has 0 rings (SSSR count). The van der Waals surface area contributed by atoms with E-state index in [0.29, 0.717) is 25.7 Å². The van der Waals surface area contributed by atoms with Gasteiger partial charge in [0, 0.05) is 25.7 Å². The van der Waals surface area contributed by atoms with Gasteiger partial charge in [0.15, 0.2) is 12.2 Å². The number of phosphoric acid groups is 2. The van der Waals surface area contributed by atoms with Crippen LogP contribution in [0.2, 0.25) is 0 Å². The molecule has 19 heteroatoms. The van der Waals surface area contributed by atoms with Crippen LogP contribution in [0.5, 0.6) is 0 Å². The van der Waals surface area contributed by atoms with E-state index in [1.54, 1.807) is 0 Å². The van der Waals surface area contributed by atoms with Crippen LogP contribution >= 0.6 is 15.6 Å². The largest absolute Gasteiger partial charge is 0.472 e. The molecule has 0 saturated heterocycles. The predicted octanol–water partition coefficient (Wildman–Crippen LogP) is 19.1. The fourth-order valence-electron chi connectivity index (χ4n) is 9.80. The lowest BCUT2D eigenvalue weighted by Crippen LogP contribution is -2.30. The second kappa shape index (κ2) is 62.4. The Morgan fingerprint density at radius 3 is 0.839 bits per heavy atom. The molecule has 3 N–H and O–H groups in total. The first-order chi connectivity index (χ1) is 42.2. The molecule has 5 atom stereocenters. The summed E-state index contributed by atoms with van der Waals surface area (Å²) in [6.45, 7) is 4.85. The summed E-state index contributed by atoms with van der Waals surface area (Å²) >= 11 is 0. The van der Waals surface area contributed by atoms with Crippen LogP contribution in [0.3, 0.4) is 0 Å². The molecule has 0 saturated carbocycles. The van der Waals surface area contributed by atoms with Crippen LogP contribution in [0.1, 0.15) is 329 Å². The van der Waals surface area contributed by atoms with Gasteiger partial charge in [-0.15, -0.1) is 0 Å². The summed E-state index contributed by atoms with van der Waals surface area (Å²) in [6.07, 6.45) is 52.0. The van der Waals surface area contributed by atoms with Crippen molar-refractivity contribution in [2.75, 3.05) is 39.6 Å². The third-order valence-corrected chi connectivity index (χ3v) is 17.1. The predicted molar refractivity (Wildman–Crippen MR) is 349 cm³/mol. The minimum Gasteiger partial charge on any atom is -0.462 e. The smallest absolute Gasteiger partial charge is 0.462 e. The molecular weight excluding hydrogens is 1150 g/mol. The lowest BCUT2D eigenvalue weighted by atomic mass is 10.1. The van der Waals surface area contributed by atoms with Gasteiger partial charge in [-0.25, -0.2) is 9.13 Å². The quantitative estimate of drug-likeness (QED) is 0.0169. The molecule has 0 aromatic carbocycles. The highest BCUT2D eigenvalue weighted by atomic mass is 31.2. The van der Waals surface area contributed by atoms with E-state index in [0.717, 1.165) is 103 Å². The van der Waals surface area contributed by atoms with Crippen LogP contribution in [0.25, 0.3) is 0 Å². The van der Waals surface area contributed by atoms with Crippen molar-refractivity contribution in [2.24, 2.45) is 0 Å². The number of carbonyl (C=O) groups is 4. The van der Waals surface area contributed by atoms with Gasteiger partial charge in [0.05, 0.1) is 26.4 Å². The summed E-state index contributed by atoms with van der Waals surface area (Å²) < 4.78 is 68.1. The number of allylic oxidation sites excluding steroid dienone is 4. The zero-order valence-electron chi connectivity index (χ0n) is 55.5. The van der Waals surface area contributed by atoms with E-state index < -0.39 is 97.5 Å². The molecule has 0 amide bonds. The Hall–Kier alpha value is -2.46. The van der Waals surface area contributed by atoms with Crippen molar-refractivity contribution >= 4 is 39.5 Å². The van der Waals surface area contributed by atoms with E-state index in [1.807, 2.05) is 0 Å². The van der Waals surface area contributed by atoms with E-state index >= 15 is 0 Å². The van der Waals surface area contributed by atoms with E-state index in [9.17, 15) is 43.2 Å². The van der Waals surface area contributed by atoms with Crippen LogP contribution in [0.4, 0.5) is 0 Å². The van der Waals surface area contributed by atoms with Gasteiger partial charge in [-0.1, -0.05) is 277 Å². The molecule has 17 nitrogen and oxygen atoms in total. The number of hydrogen-bond acceptors (Lipinski definition) is 15. The highest BCUT2D eigenvalue weighted by Gasteiger charge is 2.30. The maximum absolute atomic E-state index is 13.0. The van der Waals surface area contributed by atoms with Crippen LogP contribution in [-0.4, -0.2) is 96.7 Å². The first-order valence-corrected chi connectivity index (χ1v) is 38.1. The summed E-state index contributed by atoms with van der Waals surface area (Å²) in [7, 11) is -9.90. The van der Waals surface area contributed by atoms with Crippen molar-refractivity contribution in [3.63, 3.8) is 0 Å². The van der Waals surface area contributed by atoms with Crippen LogP contribution in [0, 0.1) is 0 Å². The average Bonchev–Trinajstić information content (AvgIpc) is 3.70. The number of rotatable bonds is 67. The van der Waals surface area contributed by atoms with Crippen molar-refractivity contribution in [3.8, 4) is 0 Å². The molecule has 0 bridgehead atoms. The number of ether oxygens (including phenoxy) is 4. The maximum atomic E-state index is 13.0. The van der Waals surface area contributed by atoms with Gasteiger partial charge in [-0.2, -0.15) is 0 Å². The number of aliphatic hydroxyl groups excluding tert-OH is 1. The Morgan fingerprint density at radius 2 is 0.552 bits per heavy atom. The highest BCUT2D eigenvalue weighted by Crippen LogP contribution is 2.45. The van der Waals surface area contributed by atoms with Crippen molar-refractivity contribution < 1.29 is 80.2 Å². The summed E-state index contributed by atoms with van der Waals surface area (Å²) in [5, 5.41) is 10.6. The van der Waals surface area contributed by atoms with Crippen LogP contribution in [0.15, 0.2) is 24.3 Å². The van der Waals surface area contributed by atoms with Gasteiger partial charge in [0.1, 0.15) is 19.3 Å². The third kappa shape index (κ3) is 62.1. The molecule has 0 aromatic heterocycles. The van der Waals surface area contributed by atoms with Gasteiger partial charge in [-0.3, -0.25) is 37.3 Å². The monoisotopic (exact) mass is 1280 g/mol. The molecule has 0 radical (unpaired) electrons. The Balaban J connectivity index is 5.27. The van der Waals surface area contributed by atoms with E-state index in [4.69, 9.17) is 37.0 Å². The Labute approximate surface area is 529 Å². The highest BCUT2D eigenvalue weighted by molar-refractivity contribution is 7.47. The van der Waals surface area contributed by atoms with Crippen LogP contribution in [-0.2, 0) is 65.4 Å². The molecule has 0 heterocycles. The zero-order chi connectivity index (χ0) is 64.0. The minimum atomic E-state index is -4.96. The number of hydrogen-bond donors (Lipinski definition) is 3. The molecular formula is C68H128O17P2. The fourth-order valence-corrected chi connectivity index (χ4v) is 11.4. The maximum Gasteiger partial charge on any atom is 0.472 e. The summed E-state index contributed by atoms with van der Waals surface area (Å²) in [5.41, 5.74) is 0. The molecule has 0 spiro atoms. The SMILES string of the molecule is CCCCCC/C=C\C=C/CCCCCCCC(=O)O[C@H](COC(=O)CCCCCCCCCCCCC)COP(=O)(O)OC[C@@H](O)COP(=O)(O)OC[C@@H](COC(=O)CCCCCCCCCCCC)OC(=O)CCCCCCCCCCCCC. The van der Waals surface area contributed by atoms with Gasteiger partial charge in [0.25, 0.3) is 0 Å². The first-order valence-electron chi connectivity index (χ1n) is 35.1. The fraction of sp³-hybridized carbons (Fsp3) is 0.882. The molecule has 87 heavy (non-hydrogen) atoms. The van der Waals surface area contributed by atoms with Crippen molar-refractivity contribution in [3.05, 3.63) is 24.3 Å². The average molecular weight is 1280 g/mol. The molecule has 0 fully saturated rings. The second-order valence-corrected chi connectivity index (χ2v) is 26.8. The van der Waals surface area contributed by atoms with E-state index in [-0.39, 0.29) is 25.7 Å². The Morgan fingerprint density at radius 1 is 0.322 bits per heavy atom. The summed E-state index contributed by atoms with van der Waals surface area (Å²) in [5.74, 6) is -2.15. The van der Waals surface area contributed by atoms with E-state index in [1.165, 1.54) is 148 Å². The normalized spacial score (nSPS) is 14.2. The van der Waals surface area contributed by atoms with Gasteiger partial charge in [0.2, 0.25) is 0 Å². The van der Waals surface area contributed by atoms with Gasteiger partial charge < -0.3 is 33.8 Å². The summed E-state index contributed by atoms with van der Waals surface area (Å²) in [6, 6.07) is 0. The number of esters is 4. The first kappa shape index (κ1) is 84.5. The Kier molecular flexibility index (Phi) is 60.6. The van der Waals surface area contributed by atoms with Crippen molar-refractivity contribution in [1.82, 2.24) is 0 Å². The zero-order valence-corrected chi connectivity index (χ0v) is 57.3. The van der Waals surface area contributed by atoms with Crippen LogP contribution < -0.4 is 0 Å². The topological polar surface area (TPSA) is 237 Å². The number of unbranched alkanes of at least 4 members (excludes halogenated alkanes) is 38. The molecule has 0 aromatic rings. The van der Waals surface area contributed by atoms with Crippen molar-refractivity contribution in [1.29, 1.82) is 0 Å². The molecule has 512 valence electrons. The number of carbonyl (C=O) groups excluding carboxylic acids is 4. The molecule has 0 aliphatic heterocycles. The minimum absolute atomic E-state index is 0.0856. The van der Waals surface area contributed by atoms with Gasteiger partial charge >= 0.3 is 39.5 Å². The molecule has 2 unspecified atom stereocenters. The second-order valence-electron chi connectivity index (χ2n) is 23.9. The molecule has 0 aliphatic carbocycles. The number of phosphoric ester groups is 2. The third-order valence-electron chi connectivity index (χ3n) is 15.2.